The van der Waals surface area contributed by atoms with Gasteiger partial charge >= 0.3 is 0 Å². The van der Waals surface area contributed by atoms with Gasteiger partial charge in [-0.25, -0.2) is 9.97 Å². The van der Waals surface area contributed by atoms with Gasteiger partial charge in [0, 0.05) is 17.2 Å². The molecule has 0 aliphatic rings. The number of thioether (sulfide) groups is 1. The minimum absolute atomic E-state index is 0.155. The second-order valence-electron chi connectivity index (χ2n) is 5.29. The fraction of sp³-hybridized carbons (Fsp3) is 0.176. The number of nitrogens with zero attached hydrogens (tertiary/aromatic N) is 2. The Morgan fingerprint density at radius 2 is 1.92 bits per heavy atom. The van der Waals surface area contributed by atoms with Gasteiger partial charge in [0.15, 0.2) is 0 Å². The van der Waals surface area contributed by atoms with Gasteiger partial charge in [0.1, 0.15) is 15.7 Å². The van der Waals surface area contributed by atoms with Crippen LogP contribution in [0.15, 0.2) is 41.4 Å². The molecule has 8 heteroatoms. The van der Waals surface area contributed by atoms with E-state index in [0.29, 0.717) is 5.82 Å². The van der Waals surface area contributed by atoms with Crippen LogP contribution < -0.4 is 10.9 Å². The second-order valence-corrected chi connectivity index (χ2v) is 7.28. The van der Waals surface area contributed by atoms with Crippen LogP contribution in [0.3, 0.4) is 0 Å². The number of benzene rings is 1. The van der Waals surface area contributed by atoms with Gasteiger partial charge in [0.05, 0.1) is 5.75 Å². The highest BCUT2D eigenvalue weighted by Gasteiger charge is 2.13. The normalized spacial score (nSPS) is 10.6. The number of rotatable bonds is 4. The number of thiophene rings is 1. The topological polar surface area (TPSA) is 84.0 Å². The number of amides is 2. The van der Waals surface area contributed by atoms with Gasteiger partial charge in [-0.2, -0.15) is 0 Å². The van der Waals surface area contributed by atoms with E-state index in [4.69, 9.17) is 0 Å². The van der Waals surface area contributed by atoms with Crippen molar-refractivity contribution in [1.29, 1.82) is 0 Å². The SMILES string of the molecule is CC(=O)NNC(=O)CSc1nc(C)nc2sc(-c3ccccc3)cc12. The molecule has 0 saturated carbocycles. The van der Waals surface area contributed by atoms with Crippen molar-refractivity contribution in [3.05, 3.63) is 42.2 Å². The third-order valence-electron chi connectivity index (χ3n) is 3.25. The van der Waals surface area contributed by atoms with Crippen molar-refractivity contribution in [3.8, 4) is 10.4 Å². The first kappa shape index (κ1) is 17.4. The van der Waals surface area contributed by atoms with Crippen LogP contribution in [0.4, 0.5) is 0 Å². The van der Waals surface area contributed by atoms with Crippen molar-refractivity contribution >= 4 is 45.1 Å². The summed E-state index contributed by atoms with van der Waals surface area (Å²) >= 11 is 2.93. The summed E-state index contributed by atoms with van der Waals surface area (Å²) in [6.45, 7) is 3.17. The number of hydrogen-bond donors (Lipinski definition) is 2. The molecule has 1 aromatic carbocycles. The molecule has 0 fully saturated rings. The molecule has 6 nitrogen and oxygen atoms in total. The van der Waals surface area contributed by atoms with Crippen molar-refractivity contribution in [2.45, 2.75) is 18.9 Å². The van der Waals surface area contributed by atoms with E-state index in [1.165, 1.54) is 18.7 Å². The van der Waals surface area contributed by atoms with E-state index >= 15 is 0 Å². The Hall–Kier alpha value is -2.45. The van der Waals surface area contributed by atoms with Crippen molar-refractivity contribution in [3.63, 3.8) is 0 Å². The first-order valence-corrected chi connectivity index (χ1v) is 9.35. The molecule has 3 rings (SSSR count). The quantitative estimate of drug-likeness (QED) is 0.418. The molecule has 0 radical (unpaired) electrons. The maximum Gasteiger partial charge on any atom is 0.248 e. The lowest BCUT2D eigenvalue weighted by molar-refractivity contribution is -0.126. The molecule has 0 unspecified atom stereocenters. The number of carbonyl (C=O) groups excluding carboxylic acids is 2. The monoisotopic (exact) mass is 372 g/mol. The highest BCUT2D eigenvalue weighted by molar-refractivity contribution is 8.00. The molecule has 2 heterocycles. The summed E-state index contributed by atoms with van der Waals surface area (Å²) in [5, 5.41) is 1.70. The minimum Gasteiger partial charge on any atom is -0.274 e. The Morgan fingerprint density at radius 3 is 2.64 bits per heavy atom. The molecule has 2 amide bonds. The summed E-state index contributed by atoms with van der Waals surface area (Å²) in [6.07, 6.45) is 0. The highest BCUT2D eigenvalue weighted by atomic mass is 32.2. The van der Waals surface area contributed by atoms with Gasteiger partial charge in [-0.15, -0.1) is 11.3 Å². The largest absolute Gasteiger partial charge is 0.274 e. The zero-order valence-corrected chi connectivity index (χ0v) is 15.3. The molecule has 2 N–H and O–H groups in total. The average molecular weight is 372 g/mol. The smallest absolute Gasteiger partial charge is 0.248 e. The Bertz CT molecular complexity index is 925. The van der Waals surface area contributed by atoms with E-state index in [9.17, 15) is 9.59 Å². The molecule has 0 bridgehead atoms. The standard InChI is InChI=1S/C17H16N4O2S2/c1-10-18-16(24-9-15(23)21-20-11(2)22)13-8-14(25-17(13)19-10)12-6-4-3-5-7-12/h3-8H,9H2,1-2H3,(H,20,22)(H,21,23). The Labute approximate surface area is 153 Å². The molecule has 2 aromatic heterocycles. The van der Waals surface area contributed by atoms with Crippen molar-refractivity contribution in [1.82, 2.24) is 20.8 Å². The van der Waals surface area contributed by atoms with Crippen molar-refractivity contribution in [2.24, 2.45) is 0 Å². The molecule has 0 aliphatic heterocycles. The Kier molecular flexibility index (Phi) is 5.30. The average Bonchev–Trinajstić information content (AvgIpc) is 3.02. The summed E-state index contributed by atoms with van der Waals surface area (Å²) in [4.78, 5) is 33.6. The van der Waals surface area contributed by atoms with Crippen molar-refractivity contribution in [2.75, 3.05) is 5.75 Å². The van der Waals surface area contributed by atoms with E-state index in [2.05, 4.69) is 39.0 Å². The zero-order chi connectivity index (χ0) is 17.8. The van der Waals surface area contributed by atoms with Gasteiger partial charge in [-0.1, -0.05) is 42.1 Å². The summed E-state index contributed by atoms with van der Waals surface area (Å²) < 4.78 is 0. The third kappa shape index (κ3) is 4.34. The highest BCUT2D eigenvalue weighted by Crippen LogP contribution is 2.36. The molecular weight excluding hydrogens is 356 g/mol. The number of hydrogen-bond acceptors (Lipinski definition) is 6. The Balaban J connectivity index is 1.84. The van der Waals surface area contributed by atoms with Crippen LogP contribution in [-0.4, -0.2) is 27.5 Å². The lowest BCUT2D eigenvalue weighted by atomic mass is 10.2. The second kappa shape index (κ2) is 7.62. The molecule has 128 valence electrons. The first-order chi connectivity index (χ1) is 12.0. The van der Waals surface area contributed by atoms with E-state index in [1.807, 2.05) is 25.1 Å². The molecule has 25 heavy (non-hydrogen) atoms. The molecule has 3 aromatic rings. The maximum atomic E-state index is 11.8. The summed E-state index contributed by atoms with van der Waals surface area (Å²) in [5.41, 5.74) is 5.75. The first-order valence-electron chi connectivity index (χ1n) is 7.55. The minimum atomic E-state index is -0.316. The zero-order valence-electron chi connectivity index (χ0n) is 13.7. The maximum absolute atomic E-state index is 11.8. The van der Waals surface area contributed by atoms with Crippen LogP contribution in [0.5, 0.6) is 0 Å². The molecule has 0 saturated heterocycles. The summed E-state index contributed by atoms with van der Waals surface area (Å²) in [5.74, 6) is 0.216. The fourth-order valence-electron chi connectivity index (χ4n) is 2.18. The van der Waals surface area contributed by atoms with E-state index in [1.54, 1.807) is 11.3 Å². The van der Waals surface area contributed by atoms with Gasteiger partial charge in [0.2, 0.25) is 11.8 Å². The molecule has 0 atom stereocenters. The number of hydrazine groups is 1. The number of nitrogens with one attached hydrogen (secondary N) is 2. The summed E-state index contributed by atoms with van der Waals surface area (Å²) in [7, 11) is 0. The van der Waals surface area contributed by atoms with Crippen LogP contribution >= 0.6 is 23.1 Å². The summed E-state index contributed by atoms with van der Waals surface area (Å²) in [6, 6.07) is 12.1. The third-order valence-corrected chi connectivity index (χ3v) is 5.31. The van der Waals surface area contributed by atoms with Crippen LogP contribution in [0.1, 0.15) is 12.7 Å². The predicted molar refractivity (Wildman–Crippen MR) is 100 cm³/mol. The van der Waals surface area contributed by atoms with Gasteiger partial charge < -0.3 is 0 Å². The molecule has 0 aliphatic carbocycles. The van der Waals surface area contributed by atoms with Crippen LogP contribution in [-0.2, 0) is 9.59 Å². The van der Waals surface area contributed by atoms with Gasteiger partial charge in [-0.3, -0.25) is 20.4 Å². The van der Waals surface area contributed by atoms with E-state index < -0.39 is 0 Å². The van der Waals surface area contributed by atoms with Crippen molar-refractivity contribution < 1.29 is 9.59 Å². The lowest BCUT2D eigenvalue weighted by Gasteiger charge is -2.05. The number of carbonyl (C=O) groups is 2. The lowest BCUT2D eigenvalue weighted by Crippen LogP contribution is -2.41. The number of fused-ring (bicyclic) bond motifs is 1. The van der Waals surface area contributed by atoms with Crippen LogP contribution in [0.2, 0.25) is 0 Å². The van der Waals surface area contributed by atoms with Crippen LogP contribution in [0, 0.1) is 6.92 Å². The van der Waals surface area contributed by atoms with Gasteiger partial charge in [-0.05, 0) is 18.6 Å². The number of aryl methyl sites for hydroxylation is 1. The predicted octanol–water partition coefficient (Wildman–Crippen LogP) is 2.93. The molecular formula is C17H16N4O2S2. The van der Waals surface area contributed by atoms with E-state index in [0.717, 1.165) is 25.7 Å². The van der Waals surface area contributed by atoms with E-state index in [-0.39, 0.29) is 17.6 Å². The fourth-order valence-corrected chi connectivity index (χ4v) is 4.17. The van der Waals surface area contributed by atoms with Crippen LogP contribution in [0.25, 0.3) is 20.7 Å². The number of aromatic nitrogens is 2. The Morgan fingerprint density at radius 1 is 1.16 bits per heavy atom. The van der Waals surface area contributed by atoms with Gasteiger partial charge in [0.25, 0.3) is 0 Å². The molecule has 0 spiro atoms.